The van der Waals surface area contributed by atoms with E-state index in [1.165, 1.54) is 28.6 Å². The Morgan fingerprint density at radius 2 is 2.12 bits per heavy atom. The Balaban J connectivity index is 1.84. The summed E-state index contributed by atoms with van der Waals surface area (Å²) >= 11 is 1.35. The number of ether oxygens (including phenoxy) is 1. The molecule has 0 amide bonds. The molecule has 3 aliphatic carbocycles. The molecule has 0 spiro atoms. The quantitative estimate of drug-likeness (QED) is 0.318. The molecule has 1 N–H and O–H groups in total. The van der Waals surface area contributed by atoms with E-state index in [2.05, 4.69) is 11.8 Å². The third-order valence-corrected chi connectivity index (χ3v) is 10.1. The van der Waals surface area contributed by atoms with Crippen LogP contribution in [0.1, 0.15) is 51.9 Å². The number of carboxylic acid groups (broad SMARTS) is 1. The summed E-state index contributed by atoms with van der Waals surface area (Å²) in [7, 11) is -2.21. The topological polar surface area (TPSA) is 87.1 Å². The summed E-state index contributed by atoms with van der Waals surface area (Å²) in [5.41, 5.74) is 0.651. The summed E-state index contributed by atoms with van der Waals surface area (Å²) in [6.07, 6.45) is 9.42. The number of carboxylic acids is 1. The highest BCUT2D eigenvalue weighted by Crippen LogP contribution is 2.58. The highest BCUT2D eigenvalue weighted by Gasteiger charge is 2.56. The fourth-order valence-corrected chi connectivity index (χ4v) is 7.66. The molecule has 1 heterocycles. The lowest BCUT2D eigenvalue weighted by Gasteiger charge is -2.50. The maximum Gasteiger partial charge on any atom is 0.368 e. The second kappa shape index (κ2) is 9.11. The molecule has 4 aliphatic rings. The molecule has 5 rings (SSSR count). The van der Waals surface area contributed by atoms with Crippen LogP contribution in [-0.2, 0) is 14.8 Å². The van der Waals surface area contributed by atoms with Gasteiger partial charge in [0.15, 0.2) is 0 Å². The largest absolute Gasteiger partial charge is 0.476 e. The van der Waals surface area contributed by atoms with E-state index in [4.69, 9.17) is 9.84 Å². The summed E-state index contributed by atoms with van der Waals surface area (Å²) in [6.45, 7) is 2.74. The average molecular weight is 499 g/mol. The normalized spacial score (nSPS) is 28.7. The molecule has 3 fully saturated rings. The van der Waals surface area contributed by atoms with Crippen LogP contribution in [0, 0.1) is 5.92 Å². The van der Waals surface area contributed by atoms with Gasteiger partial charge in [-0.05, 0) is 50.3 Å². The van der Waals surface area contributed by atoms with E-state index >= 15 is 0 Å². The third-order valence-electron chi connectivity index (χ3n) is 7.41. The lowest BCUT2D eigenvalue weighted by molar-refractivity contribution is -0.134. The molecule has 0 radical (unpaired) electrons. The Bertz CT molecular complexity index is 1060. The first-order valence-electron chi connectivity index (χ1n) is 11.4. The minimum atomic E-state index is -3.84. The lowest BCUT2D eigenvalue weighted by atomic mass is 9.75. The number of nitrogens with zero attached hydrogens (tertiary/aromatic N) is 2. The Morgan fingerprint density at radius 1 is 1.39 bits per heavy atom. The van der Waals surface area contributed by atoms with Crippen molar-refractivity contribution < 1.29 is 27.4 Å². The standard InChI is InChI=1S/C23H31FN2O5S2/c1-4-5-6-16-13-26(23-8-7-15(11-23)12-23)18-9-20(32-3)19(31-14-17(24)22(27)28)10-21(18)33(29,30)25(16)2/h9-10,14-16H,4-8,11-13H2,1-3H3,(H,27,28)/b17-14-. The zero-order valence-corrected chi connectivity index (χ0v) is 20.8. The zero-order valence-electron chi connectivity index (χ0n) is 19.2. The molecule has 1 unspecified atom stereocenters. The molecule has 33 heavy (non-hydrogen) atoms. The van der Waals surface area contributed by atoms with E-state index < -0.39 is 21.8 Å². The van der Waals surface area contributed by atoms with Crippen LogP contribution >= 0.6 is 11.8 Å². The van der Waals surface area contributed by atoms with E-state index in [0.717, 1.165) is 38.5 Å². The fourth-order valence-electron chi connectivity index (χ4n) is 5.55. The van der Waals surface area contributed by atoms with Crippen LogP contribution in [0.25, 0.3) is 0 Å². The van der Waals surface area contributed by atoms with Gasteiger partial charge in [-0.15, -0.1) is 11.8 Å². The zero-order chi connectivity index (χ0) is 24.0. The second-order valence-corrected chi connectivity index (χ2v) is 12.1. The second-order valence-electron chi connectivity index (χ2n) is 9.32. The third kappa shape index (κ3) is 4.25. The van der Waals surface area contributed by atoms with Crippen LogP contribution in [0.4, 0.5) is 10.1 Å². The smallest absolute Gasteiger partial charge is 0.368 e. The van der Waals surface area contributed by atoms with Gasteiger partial charge in [-0.3, -0.25) is 0 Å². The van der Waals surface area contributed by atoms with E-state index in [0.29, 0.717) is 29.3 Å². The lowest BCUT2D eigenvalue weighted by Crippen LogP contribution is -2.55. The number of sulfonamides is 1. The van der Waals surface area contributed by atoms with Gasteiger partial charge in [-0.1, -0.05) is 19.8 Å². The van der Waals surface area contributed by atoms with Gasteiger partial charge < -0.3 is 14.7 Å². The number of fused-ring (bicyclic) bond motifs is 2. The van der Waals surface area contributed by atoms with Crippen molar-refractivity contribution in [3.8, 4) is 5.75 Å². The number of thioether (sulfide) groups is 1. The first-order valence-corrected chi connectivity index (χ1v) is 14.0. The van der Waals surface area contributed by atoms with Crippen LogP contribution in [0.15, 0.2) is 34.0 Å². The van der Waals surface area contributed by atoms with Gasteiger partial charge in [-0.25, -0.2) is 13.2 Å². The number of halogens is 1. The van der Waals surface area contributed by atoms with Crippen molar-refractivity contribution in [1.82, 2.24) is 4.31 Å². The number of benzene rings is 1. The number of anilines is 1. The molecule has 7 nitrogen and oxygen atoms in total. The van der Waals surface area contributed by atoms with Gasteiger partial charge in [0.1, 0.15) is 16.9 Å². The van der Waals surface area contributed by atoms with Crippen molar-refractivity contribution >= 4 is 33.4 Å². The van der Waals surface area contributed by atoms with Gasteiger partial charge in [0.25, 0.3) is 0 Å². The van der Waals surface area contributed by atoms with Gasteiger partial charge in [0, 0.05) is 31.2 Å². The van der Waals surface area contributed by atoms with Crippen LogP contribution in [0.2, 0.25) is 0 Å². The first-order chi connectivity index (χ1) is 15.6. The van der Waals surface area contributed by atoms with Crippen LogP contribution in [0.5, 0.6) is 5.75 Å². The van der Waals surface area contributed by atoms with Crippen molar-refractivity contribution in [1.29, 1.82) is 0 Å². The molecule has 3 saturated carbocycles. The summed E-state index contributed by atoms with van der Waals surface area (Å²) < 4.78 is 47.8. The molecule has 1 atom stereocenters. The molecular formula is C23H31FN2O5S2. The molecule has 10 heteroatoms. The maximum atomic E-state index is 13.7. The maximum absolute atomic E-state index is 13.7. The molecule has 1 aromatic rings. The predicted molar refractivity (Wildman–Crippen MR) is 126 cm³/mol. The summed E-state index contributed by atoms with van der Waals surface area (Å²) in [4.78, 5) is 13.9. The predicted octanol–water partition coefficient (Wildman–Crippen LogP) is 4.62. The molecule has 1 aliphatic heterocycles. The Hall–Kier alpha value is -1.78. The van der Waals surface area contributed by atoms with Crippen molar-refractivity contribution in [3.05, 3.63) is 24.2 Å². The summed E-state index contributed by atoms with van der Waals surface area (Å²) in [5, 5.41) is 8.78. The molecule has 182 valence electrons. The van der Waals surface area contributed by atoms with Gasteiger partial charge in [0.2, 0.25) is 15.9 Å². The van der Waals surface area contributed by atoms with Crippen molar-refractivity contribution in [2.24, 2.45) is 5.92 Å². The van der Waals surface area contributed by atoms with Gasteiger partial charge in [0.05, 0.1) is 10.6 Å². The van der Waals surface area contributed by atoms with Crippen LogP contribution in [-0.4, -0.2) is 55.2 Å². The fraction of sp³-hybridized carbons (Fsp3) is 0.609. The highest BCUT2D eigenvalue weighted by molar-refractivity contribution is 7.98. The Morgan fingerprint density at radius 3 is 2.70 bits per heavy atom. The number of likely N-dealkylation sites (N-methyl/N-ethyl adjacent to an activating group) is 1. The molecule has 2 bridgehead atoms. The number of hydrogen-bond acceptors (Lipinski definition) is 6. The SMILES string of the molecule is CCCCC1CN(C23CCC(C2)C3)c2cc(SC)c(O/C=C(\F)C(=O)O)cc2S(=O)(=O)N1C. The molecule has 0 aromatic heterocycles. The number of unbranched alkanes of at least 4 members (excludes halogenated alkanes) is 1. The van der Waals surface area contributed by atoms with Gasteiger partial charge in [-0.2, -0.15) is 8.70 Å². The minimum absolute atomic E-state index is 0.0159. The number of hydrogen-bond donors (Lipinski definition) is 1. The number of aliphatic carboxylic acids is 1. The van der Waals surface area contributed by atoms with E-state index in [-0.39, 0.29) is 22.2 Å². The van der Waals surface area contributed by atoms with Crippen LogP contribution < -0.4 is 9.64 Å². The van der Waals surface area contributed by atoms with Crippen molar-refractivity contribution in [3.63, 3.8) is 0 Å². The van der Waals surface area contributed by atoms with E-state index in [1.54, 1.807) is 7.05 Å². The Kier molecular flexibility index (Phi) is 6.72. The number of rotatable bonds is 8. The monoisotopic (exact) mass is 498 g/mol. The Labute approximate surface area is 199 Å². The molecular weight excluding hydrogens is 467 g/mol. The molecule has 1 aromatic carbocycles. The van der Waals surface area contributed by atoms with E-state index in [9.17, 15) is 17.6 Å². The average Bonchev–Trinajstić information content (AvgIpc) is 3.36. The van der Waals surface area contributed by atoms with Crippen LogP contribution in [0.3, 0.4) is 0 Å². The first kappa shape index (κ1) is 24.3. The highest BCUT2D eigenvalue weighted by atomic mass is 32.2. The van der Waals surface area contributed by atoms with Crippen molar-refractivity contribution in [2.75, 3.05) is 24.7 Å². The van der Waals surface area contributed by atoms with E-state index in [1.807, 2.05) is 12.3 Å². The summed E-state index contributed by atoms with van der Waals surface area (Å²) in [6, 6.07) is 3.09. The summed E-state index contributed by atoms with van der Waals surface area (Å²) in [5.74, 6) is -2.36. The van der Waals surface area contributed by atoms with Gasteiger partial charge >= 0.3 is 5.97 Å². The molecule has 0 saturated heterocycles. The minimum Gasteiger partial charge on any atom is -0.476 e. The van der Waals surface area contributed by atoms with Crippen molar-refractivity contribution in [2.45, 2.75) is 73.2 Å². The number of carbonyl (C=O) groups is 1.